The monoisotopic (exact) mass is 225 g/mol. The van der Waals surface area contributed by atoms with E-state index in [1.807, 2.05) is 12.1 Å². The van der Waals surface area contributed by atoms with E-state index in [0.29, 0.717) is 0 Å². The van der Waals surface area contributed by atoms with Crippen LogP contribution in [0.1, 0.15) is 6.42 Å². The van der Waals surface area contributed by atoms with E-state index in [2.05, 4.69) is 16.7 Å². The van der Waals surface area contributed by atoms with E-state index < -0.39 is 0 Å². The number of benzene rings is 1. The quantitative estimate of drug-likeness (QED) is 0.813. The first kappa shape index (κ1) is 9.83. The standard InChI is InChI=1S/C10H11NOS2/c12-7-3-6-11-8-4-1-2-5-9(8)14-10(11)13/h1-2,4-5,12H,3,6-7H2. The van der Waals surface area contributed by atoms with Crippen LogP contribution in [-0.2, 0) is 6.54 Å². The number of para-hydroxylation sites is 1. The van der Waals surface area contributed by atoms with Crippen LogP contribution in [0.25, 0.3) is 10.2 Å². The fraction of sp³-hybridized carbons (Fsp3) is 0.300. The lowest BCUT2D eigenvalue weighted by Gasteiger charge is -2.01. The fourth-order valence-electron chi connectivity index (χ4n) is 1.45. The summed E-state index contributed by atoms with van der Waals surface area (Å²) in [6.07, 6.45) is 0.759. The molecule has 14 heavy (non-hydrogen) atoms. The number of hydrogen-bond donors (Lipinski definition) is 1. The molecule has 0 saturated heterocycles. The number of nitrogens with zero attached hydrogens (tertiary/aromatic N) is 1. The normalized spacial score (nSPS) is 10.9. The molecule has 0 atom stereocenters. The number of aryl methyl sites for hydroxylation is 1. The largest absolute Gasteiger partial charge is 0.396 e. The van der Waals surface area contributed by atoms with Crippen LogP contribution in [0, 0.1) is 3.95 Å². The van der Waals surface area contributed by atoms with Crippen molar-refractivity contribution in [1.82, 2.24) is 4.57 Å². The zero-order valence-electron chi connectivity index (χ0n) is 7.64. The minimum Gasteiger partial charge on any atom is -0.396 e. The number of fused-ring (bicyclic) bond motifs is 1. The van der Waals surface area contributed by atoms with Gasteiger partial charge in [0.2, 0.25) is 0 Å². The van der Waals surface area contributed by atoms with Gasteiger partial charge in [-0.15, -0.1) is 11.3 Å². The molecule has 0 radical (unpaired) electrons. The molecule has 0 fully saturated rings. The molecule has 1 heterocycles. The Balaban J connectivity index is 2.51. The summed E-state index contributed by atoms with van der Waals surface area (Å²) in [4.78, 5) is 0. The topological polar surface area (TPSA) is 25.2 Å². The number of aliphatic hydroxyl groups is 1. The molecule has 2 aromatic rings. The molecule has 2 rings (SSSR count). The summed E-state index contributed by atoms with van der Waals surface area (Å²) in [5.41, 5.74) is 1.18. The summed E-state index contributed by atoms with van der Waals surface area (Å²) < 4.78 is 4.20. The van der Waals surface area contributed by atoms with Crippen LogP contribution >= 0.6 is 23.6 Å². The maximum atomic E-state index is 8.78. The van der Waals surface area contributed by atoms with Crippen LogP contribution in [-0.4, -0.2) is 16.3 Å². The van der Waals surface area contributed by atoms with E-state index in [1.165, 1.54) is 10.2 Å². The van der Waals surface area contributed by atoms with Gasteiger partial charge in [-0.05, 0) is 30.8 Å². The second-order valence-corrected chi connectivity index (χ2v) is 4.74. The van der Waals surface area contributed by atoms with E-state index >= 15 is 0 Å². The molecule has 0 bridgehead atoms. The van der Waals surface area contributed by atoms with Gasteiger partial charge in [-0.2, -0.15) is 0 Å². The molecule has 0 spiro atoms. The Bertz CT molecular complexity index is 486. The van der Waals surface area contributed by atoms with Gasteiger partial charge >= 0.3 is 0 Å². The first-order valence-corrected chi connectivity index (χ1v) is 5.74. The van der Waals surface area contributed by atoms with Gasteiger partial charge in [0.1, 0.15) is 0 Å². The second kappa shape index (κ2) is 4.21. The first-order chi connectivity index (χ1) is 6.83. The summed E-state index contributed by atoms with van der Waals surface area (Å²) in [5, 5.41) is 8.78. The molecular weight excluding hydrogens is 214 g/mol. The van der Waals surface area contributed by atoms with Crippen LogP contribution in [0.15, 0.2) is 24.3 Å². The Hall–Kier alpha value is -0.710. The average molecular weight is 225 g/mol. The summed E-state index contributed by atoms with van der Waals surface area (Å²) in [6.45, 7) is 1.02. The number of aromatic nitrogens is 1. The van der Waals surface area contributed by atoms with Crippen molar-refractivity contribution in [3.05, 3.63) is 28.2 Å². The highest BCUT2D eigenvalue weighted by Crippen LogP contribution is 2.22. The van der Waals surface area contributed by atoms with Crippen LogP contribution in [0.3, 0.4) is 0 Å². The molecule has 0 aliphatic rings. The summed E-state index contributed by atoms with van der Waals surface area (Å²) in [6, 6.07) is 8.17. The van der Waals surface area contributed by atoms with E-state index in [-0.39, 0.29) is 6.61 Å². The fourth-order valence-corrected chi connectivity index (χ4v) is 2.83. The lowest BCUT2D eigenvalue weighted by atomic mass is 10.3. The van der Waals surface area contributed by atoms with E-state index in [4.69, 9.17) is 17.3 Å². The van der Waals surface area contributed by atoms with Crippen molar-refractivity contribution < 1.29 is 5.11 Å². The Morgan fingerprint density at radius 3 is 2.93 bits per heavy atom. The predicted molar refractivity (Wildman–Crippen MR) is 62.4 cm³/mol. The molecule has 0 amide bonds. The van der Waals surface area contributed by atoms with Gasteiger partial charge in [0.15, 0.2) is 3.95 Å². The number of rotatable bonds is 3. The van der Waals surface area contributed by atoms with Crippen LogP contribution in [0.4, 0.5) is 0 Å². The van der Waals surface area contributed by atoms with Gasteiger partial charge in [-0.25, -0.2) is 0 Å². The summed E-state index contributed by atoms with van der Waals surface area (Å²) >= 11 is 6.89. The van der Waals surface area contributed by atoms with Crippen molar-refractivity contribution in [3.8, 4) is 0 Å². The van der Waals surface area contributed by atoms with Crippen molar-refractivity contribution in [3.63, 3.8) is 0 Å². The number of hydrogen-bond acceptors (Lipinski definition) is 3. The zero-order chi connectivity index (χ0) is 9.97. The molecule has 1 aromatic carbocycles. The number of aliphatic hydroxyl groups excluding tert-OH is 1. The van der Waals surface area contributed by atoms with Crippen molar-refractivity contribution in [1.29, 1.82) is 0 Å². The SMILES string of the molecule is OCCCn1c(=S)sc2ccccc21. The van der Waals surface area contributed by atoms with Gasteiger partial charge in [-0.3, -0.25) is 0 Å². The van der Waals surface area contributed by atoms with E-state index in [1.54, 1.807) is 11.3 Å². The molecular formula is C10H11NOS2. The van der Waals surface area contributed by atoms with Gasteiger partial charge in [0.25, 0.3) is 0 Å². The third-order valence-corrected chi connectivity index (χ3v) is 3.54. The highest BCUT2D eigenvalue weighted by molar-refractivity contribution is 7.73. The van der Waals surface area contributed by atoms with Crippen molar-refractivity contribution >= 4 is 33.8 Å². The first-order valence-electron chi connectivity index (χ1n) is 4.52. The molecule has 0 saturated carbocycles. The number of thiazole rings is 1. The minimum absolute atomic E-state index is 0.214. The molecule has 0 aliphatic heterocycles. The van der Waals surface area contributed by atoms with E-state index in [9.17, 15) is 0 Å². The van der Waals surface area contributed by atoms with Crippen molar-refractivity contribution in [2.75, 3.05) is 6.61 Å². The van der Waals surface area contributed by atoms with Gasteiger partial charge in [0, 0.05) is 13.2 Å². The minimum atomic E-state index is 0.214. The van der Waals surface area contributed by atoms with E-state index in [0.717, 1.165) is 16.9 Å². The van der Waals surface area contributed by atoms with Gasteiger partial charge < -0.3 is 9.67 Å². The lowest BCUT2D eigenvalue weighted by Crippen LogP contribution is -1.99. The average Bonchev–Trinajstić information content (AvgIpc) is 2.51. The van der Waals surface area contributed by atoms with Crippen molar-refractivity contribution in [2.45, 2.75) is 13.0 Å². The molecule has 1 aromatic heterocycles. The third kappa shape index (κ3) is 1.73. The maximum Gasteiger partial charge on any atom is 0.162 e. The molecule has 2 nitrogen and oxygen atoms in total. The highest BCUT2D eigenvalue weighted by atomic mass is 32.1. The van der Waals surface area contributed by atoms with Crippen LogP contribution < -0.4 is 0 Å². The lowest BCUT2D eigenvalue weighted by molar-refractivity contribution is 0.280. The molecule has 0 unspecified atom stereocenters. The maximum absolute atomic E-state index is 8.78. The summed E-state index contributed by atoms with van der Waals surface area (Å²) in [5.74, 6) is 0. The van der Waals surface area contributed by atoms with Crippen LogP contribution in [0.5, 0.6) is 0 Å². The zero-order valence-corrected chi connectivity index (χ0v) is 9.27. The molecule has 74 valence electrons. The smallest absolute Gasteiger partial charge is 0.162 e. The van der Waals surface area contributed by atoms with Crippen molar-refractivity contribution in [2.24, 2.45) is 0 Å². The Morgan fingerprint density at radius 2 is 2.14 bits per heavy atom. The Labute approximate surface area is 91.4 Å². The third-order valence-electron chi connectivity index (χ3n) is 2.11. The Morgan fingerprint density at radius 1 is 1.36 bits per heavy atom. The van der Waals surface area contributed by atoms with Gasteiger partial charge in [-0.1, -0.05) is 12.1 Å². The van der Waals surface area contributed by atoms with Crippen LogP contribution in [0.2, 0.25) is 0 Å². The predicted octanol–water partition coefficient (Wildman–Crippen LogP) is 2.81. The molecule has 0 aliphatic carbocycles. The Kier molecular flexibility index (Phi) is 2.96. The highest BCUT2D eigenvalue weighted by Gasteiger charge is 2.02. The molecule has 4 heteroatoms. The second-order valence-electron chi connectivity index (χ2n) is 3.06. The summed E-state index contributed by atoms with van der Waals surface area (Å²) in [7, 11) is 0. The van der Waals surface area contributed by atoms with Gasteiger partial charge in [0.05, 0.1) is 10.2 Å². The molecule has 1 N–H and O–H groups in total.